The Morgan fingerprint density at radius 2 is 1.66 bits per heavy atom. The van der Waals surface area contributed by atoms with E-state index in [9.17, 15) is 4.79 Å². The minimum Gasteiger partial charge on any atom is -0.496 e. The van der Waals surface area contributed by atoms with Gasteiger partial charge in [-0.1, -0.05) is 55.3 Å². The van der Waals surface area contributed by atoms with Crippen LogP contribution in [0.5, 0.6) is 5.75 Å². The fraction of sp³-hybridized carbons (Fsp3) is 0.360. The Bertz CT molecular complexity index is 1020. The molecule has 1 aliphatic rings. The summed E-state index contributed by atoms with van der Waals surface area (Å²) in [5.74, 6) is 1.47. The number of nitrogens with zero attached hydrogens (tertiary/aromatic N) is 2. The van der Waals surface area contributed by atoms with Gasteiger partial charge in [0, 0.05) is 12.1 Å². The average Bonchev–Trinajstić information content (AvgIpc) is 2.74. The minimum atomic E-state index is 0.119. The van der Waals surface area contributed by atoms with Crippen molar-refractivity contribution >= 4 is 0 Å². The van der Waals surface area contributed by atoms with E-state index >= 15 is 0 Å². The second-order valence-electron chi connectivity index (χ2n) is 7.67. The van der Waals surface area contributed by atoms with Crippen LogP contribution in [0.25, 0.3) is 11.4 Å². The van der Waals surface area contributed by atoms with Gasteiger partial charge in [0.2, 0.25) is 0 Å². The third kappa shape index (κ3) is 4.26. The summed E-state index contributed by atoms with van der Waals surface area (Å²) in [7, 11) is 1.67. The van der Waals surface area contributed by atoms with Crippen LogP contribution in [0, 0.1) is 0 Å². The maximum atomic E-state index is 13.6. The molecule has 0 spiro atoms. The Hall–Kier alpha value is -2.88. The normalized spacial score (nSPS) is 14.0. The van der Waals surface area contributed by atoms with E-state index < -0.39 is 0 Å². The number of hydrogen-bond donors (Lipinski definition) is 0. The predicted molar refractivity (Wildman–Crippen MR) is 117 cm³/mol. The molecular formula is C25H28N2O2. The Labute approximate surface area is 172 Å². The van der Waals surface area contributed by atoms with E-state index in [1.165, 1.54) is 18.4 Å². The number of hydrogen-bond acceptors (Lipinski definition) is 3. The quantitative estimate of drug-likeness (QED) is 0.629. The van der Waals surface area contributed by atoms with Crippen LogP contribution in [-0.4, -0.2) is 16.7 Å². The van der Waals surface area contributed by atoms with Crippen LogP contribution in [0.1, 0.15) is 42.5 Å². The zero-order chi connectivity index (χ0) is 20.1. The van der Waals surface area contributed by atoms with E-state index in [-0.39, 0.29) is 5.56 Å². The van der Waals surface area contributed by atoms with Gasteiger partial charge in [-0.2, -0.15) is 0 Å². The van der Waals surface area contributed by atoms with E-state index in [0.29, 0.717) is 6.54 Å². The summed E-state index contributed by atoms with van der Waals surface area (Å²) in [6.07, 6.45) is 7.07. The van der Waals surface area contributed by atoms with Crippen LogP contribution in [-0.2, 0) is 25.8 Å². The highest BCUT2D eigenvalue weighted by Gasteiger charge is 2.20. The first-order valence-corrected chi connectivity index (χ1v) is 10.6. The van der Waals surface area contributed by atoms with E-state index in [1.807, 2.05) is 47.0 Å². The maximum Gasteiger partial charge on any atom is 0.257 e. The lowest BCUT2D eigenvalue weighted by Gasteiger charge is -2.20. The molecule has 0 unspecified atom stereocenters. The zero-order valence-electron chi connectivity index (χ0n) is 17.1. The van der Waals surface area contributed by atoms with Crippen molar-refractivity contribution in [1.82, 2.24) is 9.55 Å². The Morgan fingerprint density at radius 1 is 0.931 bits per heavy atom. The molecule has 4 rings (SSSR count). The van der Waals surface area contributed by atoms with E-state index in [2.05, 4.69) is 12.1 Å². The lowest BCUT2D eigenvalue weighted by atomic mass is 9.97. The highest BCUT2D eigenvalue weighted by Crippen LogP contribution is 2.29. The summed E-state index contributed by atoms with van der Waals surface area (Å²) in [5, 5.41) is 0. The van der Waals surface area contributed by atoms with Gasteiger partial charge in [0.1, 0.15) is 11.6 Å². The van der Waals surface area contributed by atoms with Gasteiger partial charge in [-0.3, -0.25) is 9.36 Å². The van der Waals surface area contributed by atoms with Gasteiger partial charge in [-0.05, 0) is 49.8 Å². The van der Waals surface area contributed by atoms with Crippen molar-refractivity contribution in [2.24, 2.45) is 0 Å². The Morgan fingerprint density at radius 3 is 2.45 bits per heavy atom. The highest BCUT2D eigenvalue weighted by atomic mass is 16.5. The molecule has 0 radical (unpaired) electrons. The van der Waals surface area contributed by atoms with Gasteiger partial charge in [0.25, 0.3) is 5.56 Å². The molecule has 0 saturated heterocycles. The Kier molecular flexibility index (Phi) is 6.09. The number of benzene rings is 2. The number of ether oxygens (including phenoxy) is 1. The van der Waals surface area contributed by atoms with Gasteiger partial charge in [0.15, 0.2) is 0 Å². The van der Waals surface area contributed by atoms with Crippen molar-refractivity contribution in [2.75, 3.05) is 7.11 Å². The lowest BCUT2D eigenvalue weighted by Crippen LogP contribution is -2.30. The van der Waals surface area contributed by atoms with Crippen LogP contribution < -0.4 is 10.3 Å². The van der Waals surface area contributed by atoms with Crippen LogP contribution >= 0.6 is 0 Å². The summed E-state index contributed by atoms with van der Waals surface area (Å²) in [4.78, 5) is 18.6. The maximum absolute atomic E-state index is 13.6. The van der Waals surface area contributed by atoms with Crippen molar-refractivity contribution in [1.29, 1.82) is 0 Å². The van der Waals surface area contributed by atoms with Crippen molar-refractivity contribution < 1.29 is 4.74 Å². The molecule has 0 amide bonds. The molecule has 4 nitrogen and oxygen atoms in total. The molecule has 0 aliphatic heterocycles. The average molecular weight is 389 g/mol. The number of fused-ring (bicyclic) bond motifs is 1. The number of methoxy groups -OCH3 is 1. The van der Waals surface area contributed by atoms with E-state index in [0.717, 1.165) is 60.5 Å². The highest BCUT2D eigenvalue weighted by molar-refractivity contribution is 5.64. The number of aryl methyl sites for hydroxylation is 2. The van der Waals surface area contributed by atoms with Crippen LogP contribution in [0.4, 0.5) is 0 Å². The monoisotopic (exact) mass is 388 g/mol. The van der Waals surface area contributed by atoms with Crippen molar-refractivity contribution in [3.05, 3.63) is 81.8 Å². The molecule has 0 bridgehead atoms. The fourth-order valence-corrected chi connectivity index (χ4v) is 4.17. The van der Waals surface area contributed by atoms with Crippen molar-refractivity contribution in [2.45, 2.75) is 51.5 Å². The van der Waals surface area contributed by atoms with Crippen LogP contribution in [0.3, 0.4) is 0 Å². The third-order valence-electron chi connectivity index (χ3n) is 5.75. The van der Waals surface area contributed by atoms with Crippen LogP contribution in [0.2, 0.25) is 0 Å². The summed E-state index contributed by atoms with van der Waals surface area (Å²) >= 11 is 0. The second-order valence-corrected chi connectivity index (χ2v) is 7.67. The first-order chi connectivity index (χ1) is 14.3. The molecule has 150 valence electrons. The molecule has 29 heavy (non-hydrogen) atoms. The number of rotatable bonds is 5. The SMILES string of the molecule is COc1ccccc1-c1nc2c(c(=O)n1CCc1ccccc1)CCCCCC2. The summed E-state index contributed by atoms with van der Waals surface area (Å²) < 4.78 is 7.46. The zero-order valence-corrected chi connectivity index (χ0v) is 17.1. The molecule has 1 aromatic heterocycles. The second kappa shape index (κ2) is 9.08. The molecular weight excluding hydrogens is 360 g/mol. The fourth-order valence-electron chi connectivity index (χ4n) is 4.17. The molecule has 3 aromatic rings. The molecule has 0 N–H and O–H groups in total. The van der Waals surface area contributed by atoms with Gasteiger partial charge in [-0.25, -0.2) is 4.98 Å². The van der Waals surface area contributed by atoms with Crippen molar-refractivity contribution in [3.8, 4) is 17.1 Å². The largest absolute Gasteiger partial charge is 0.496 e. The third-order valence-corrected chi connectivity index (χ3v) is 5.75. The summed E-state index contributed by atoms with van der Waals surface area (Å²) in [5.41, 5.74) is 4.11. The van der Waals surface area contributed by atoms with Gasteiger partial charge >= 0.3 is 0 Å². The van der Waals surface area contributed by atoms with Gasteiger partial charge < -0.3 is 4.74 Å². The van der Waals surface area contributed by atoms with E-state index in [1.54, 1.807) is 7.11 Å². The molecule has 0 atom stereocenters. The van der Waals surface area contributed by atoms with E-state index in [4.69, 9.17) is 9.72 Å². The Balaban J connectivity index is 1.83. The summed E-state index contributed by atoms with van der Waals surface area (Å²) in [6.45, 7) is 0.608. The van der Waals surface area contributed by atoms with Gasteiger partial charge in [0.05, 0.1) is 18.4 Å². The number of aromatic nitrogens is 2. The molecule has 1 heterocycles. The topological polar surface area (TPSA) is 44.1 Å². The van der Waals surface area contributed by atoms with Crippen LogP contribution in [0.15, 0.2) is 59.4 Å². The number of para-hydroxylation sites is 1. The lowest BCUT2D eigenvalue weighted by molar-refractivity contribution is 0.415. The first-order valence-electron chi connectivity index (χ1n) is 10.6. The summed E-state index contributed by atoms with van der Waals surface area (Å²) in [6, 6.07) is 18.2. The smallest absolute Gasteiger partial charge is 0.257 e. The standard InChI is InChI=1S/C25H28N2O2/c1-29-23-16-10-9-14-21(23)24-26-22-15-8-3-2-7-13-20(22)25(28)27(24)18-17-19-11-5-4-6-12-19/h4-6,9-12,14,16H,2-3,7-8,13,15,17-18H2,1H3. The molecule has 0 saturated carbocycles. The molecule has 4 heteroatoms. The molecule has 0 fully saturated rings. The van der Waals surface area contributed by atoms with Crippen molar-refractivity contribution in [3.63, 3.8) is 0 Å². The predicted octanol–water partition coefficient (Wildman–Crippen LogP) is 4.82. The molecule has 1 aliphatic carbocycles. The first kappa shape index (κ1) is 19.4. The van der Waals surface area contributed by atoms with Gasteiger partial charge in [-0.15, -0.1) is 0 Å². The minimum absolute atomic E-state index is 0.119. The molecule has 2 aromatic carbocycles.